The molecular formula is C17H28NO2+. The van der Waals surface area contributed by atoms with Crippen molar-refractivity contribution in [2.45, 2.75) is 32.6 Å². The molecule has 0 radical (unpaired) electrons. The van der Waals surface area contributed by atoms with Crippen LogP contribution in [-0.4, -0.2) is 44.7 Å². The Morgan fingerprint density at radius 1 is 1.20 bits per heavy atom. The van der Waals surface area contributed by atoms with E-state index in [2.05, 4.69) is 34.1 Å². The molecule has 1 aromatic carbocycles. The molecule has 0 heterocycles. The second kappa shape index (κ2) is 8.05. The summed E-state index contributed by atoms with van der Waals surface area (Å²) in [5.41, 5.74) is 1.89. The summed E-state index contributed by atoms with van der Waals surface area (Å²) < 4.78 is 6.13. The zero-order valence-electron chi connectivity index (χ0n) is 13.3. The topological polar surface area (TPSA) is 26.3 Å². The van der Waals surface area contributed by atoms with Crippen molar-refractivity contribution in [1.82, 2.24) is 0 Å². The summed E-state index contributed by atoms with van der Waals surface area (Å²) in [5, 5.41) is 0. The van der Waals surface area contributed by atoms with Gasteiger partial charge in [0.2, 0.25) is 0 Å². The van der Waals surface area contributed by atoms with E-state index in [1.54, 1.807) is 0 Å². The second-order valence-electron chi connectivity index (χ2n) is 6.31. The largest absolute Gasteiger partial charge is 0.456 e. The lowest BCUT2D eigenvalue weighted by Gasteiger charge is -2.23. The van der Waals surface area contributed by atoms with Crippen molar-refractivity contribution >= 4 is 5.97 Å². The molecule has 3 heteroatoms. The van der Waals surface area contributed by atoms with Gasteiger partial charge in [0.1, 0.15) is 13.2 Å². The fraction of sp³-hybridized carbons (Fsp3) is 0.588. The molecule has 1 aromatic rings. The smallest absolute Gasteiger partial charge is 0.338 e. The first-order valence-electron chi connectivity index (χ1n) is 7.49. The lowest BCUT2D eigenvalue weighted by atomic mass is 10.0. The van der Waals surface area contributed by atoms with Crippen LogP contribution < -0.4 is 0 Å². The fourth-order valence-corrected chi connectivity index (χ4v) is 1.93. The minimum Gasteiger partial charge on any atom is -0.456 e. The van der Waals surface area contributed by atoms with Gasteiger partial charge in [0.05, 0.1) is 26.7 Å². The van der Waals surface area contributed by atoms with Gasteiger partial charge in [-0.25, -0.2) is 4.79 Å². The number of nitrogens with zero attached hydrogens (tertiary/aromatic N) is 1. The van der Waals surface area contributed by atoms with Crippen LogP contribution in [-0.2, 0) is 11.2 Å². The zero-order valence-corrected chi connectivity index (χ0v) is 13.3. The predicted molar refractivity (Wildman–Crippen MR) is 82.9 cm³/mol. The summed E-state index contributed by atoms with van der Waals surface area (Å²) in [6.45, 7) is 3.48. The molecule has 112 valence electrons. The number of carbonyl (C=O) groups is 1. The number of unbranched alkanes of at least 4 members (excludes halogenated alkanes) is 2. The van der Waals surface area contributed by atoms with E-state index in [-0.39, 0.29) is 5.97 Å². The Kier molecular flexibility index (Phi) is 6.73. The maximum atomic E-state index is 12.0. The normalized spacial score (nSPS) is 11.4. The van der Waals surface area contributed by atoms with Crippen LogP contribution >= 0.6 is 0 Å². The molecule has 0 aliphatic rings. The van der Waals surface area contributed by atoms with Crippen molar-refractivity contribution in [2.24, 2.45) is 0 Å². The number of rotatable bonds is 8. The van der Waals surface area contributed by atoms with E-state index in [0.717, 1.165) is 17.4 Å². The van der Waals surface area contributed by atoms with Crippen LogP contribution in [0.15, 0.2) is 24.3 Å². The molecule has 20 heavy (non-hydrogen) atoms. The average molecular weight is 278 g/mol. The molecule has 0 bridgehead atoms. The fourth-order valence-electron chi connectivity index (χ4n) is 1.93. The molecular weight excluding hydrogens is 250 g/mol. The highest BCUT2D eigenvalue weighted by Crippen LogP contribution is 2.11. The van der Waals surface area contributed by atoms with Crippen molar-refractivity contribution < 1.29 is 14.0 Å². The van der Waals surface area contributed by atoms with Gasteiger partial charge in [-0.05, 0) is 30.5 Å². The first kappa shape index (κ1) is 16.7. The number of ether oxygens (including phenoxy) is 1. The molecule has 3 nitrogen and oxygen atoms in total. The highest BCUT2D eigenvalue weighted by atomic mass is 16.5. The Morgan fingerprint density at radius 2 is 1.95 bits per heavy atom. The van der Waals surface area contributed by atoms with E-state index in [9.17, 15) is 4.79 Å². The number of carbonyl (C=O) groups excluding carboxylic acids is 1. The van der Waals surface area contributed by atoms with Crippen molar-refractivity contribution in [3.63, 3.8) is 0 Å². The van der Waals surface area contributed by atoms with Crippen molar-refractivity contribution in [3.8, 4) is 0 Å². The number of likely N-dealkylation sites (N-methyl/N-ethyl adjacent to an activating group) is 1. The Balaban J connectivity index is 2.49. The first-order chi connectivity index (χ1) is 9.42. The van der Waals surface area contributed by atoms with E-state index in [0.29, 0.717) is 12.2 Å². The number of esters is 1. The number of hydrogen-bond donors (Lipinski definition) is 0. The van der Waals surface area contributed by atoms with Gasteiger partial charge >= 0.3 is 5.97 Å². The highest BCUT2D eigenvalue weighted by molar-refractivity contribution is 5.89. The molecule has 0 saturated heterocycles. The summed E-state index contributed by atoms with van der Waals surface area (Å²) >= 11 is 0. The van der Waals surface area contributed by atoms with Gasteiger partial charge in [-0.3, -0.25) is 0 Å². The van der Waals surface area contributed by atoms with Crippen LogP contribution in [0, 0.1) is 0 Å². The first-order valence-corrected chi connectivity index (χ1v) is 7.49. The molecule has 0 saturated carbocycles. The van der Waals surface area contributed by atoms with Crippen molar-refractivity contribution in [2.75, 3.05) is 34.3 Å². The molecule has 0 aliphatic heterocycles. The van der Waals surface area contributed by atoms with Gasteiger partial charge in [-0.2, -0.15) is 0 Å². The van der Waals surface area contributed by atoms with Gasteiger partial charge in [-0.1, -0.05) is 31.9 Å². The predicted octanol–water partition coefficient (Wildman–Crippen LogP) is 3.28. The summed E-state index contributed by atoms with van der Waals surface area (Å²) in [5.74, 6) is -0.212. The number of quaternary nitrogens is 1. The summed E-state index contributed by atoms with van der Waals surface area (Å²) in [6.07, 6.45) is 4.66. The van der Waals surface area contributed by atoms with E-state index >= 15 is 0 Å². The van der Waals surface area contributed by atoms with Gasteiger partial charge < -0.3 is 9.22 Å². The molecule has 0 unspecified atom stereocenters. The Bertz CT molecular complexity index is 421. The van der Waals surface area contributed by atoms with E-state index < -0.39 is 0 Å². The van der Waals surface area contributed by atoms with Crippen LogP contribution in [0.1, 0.15) is 42.1 Å². The van der Waals surface area contributed by atoms with Crippen LogP contribution in [0.25, 0.3) is 0 Å². The third-order valence-electron chi connectivity index (χ3n) is 3.23. The van der Waals surface area contributed by atoms with Gasteiger partial charge in [0.25, 0.3) is 0 Å². The molecule has 0 fully saturated rings. The molecule has 0 aliphatic carbocycles. The molecule has 0 spiro atoms. The maximum Gasteiger partial charge on any atom is 0.338 e. The van der Waals surface area contributed by atoms with E-state index in [1.807, 2.05) is 18.2 Å². The Morgan fingerprint density at radius 3 is 2.60 bits per heavy atom. The van der Waals surface area contributed by atoms with Crippen molar-refractivity contribution in [1.29, 1.82) is 0 Å². The number of aryl methyl sites for hydroxylation is 1. The van der Waals surface area contributed by atoms with Gasteiger partial charge in [-0.15, -0.1) is 0 Å². The Hall–Kier alpha value is -1.35. The molecule has 1 rings (SSSR count). The van der Waals surface area contributed by atoms with Gasteiger partial charge in [0.15, 0.2) is 0 Å². The number of benzene rings is 1. The third-order valence-corrected chi connectivity index (χ3v) is 3.23. The lowest BCUT2D eigenvalue weighted by Crippen LogP contribution is -2.38. The Labute approximate surface area is 123 Å². The zero-order chi connectivity index (χ0) is 15.0. The third kappa shape index (κ3) is 6.71. The van der Waals surface area contributed by atoms with Crippen LogP contribution in [0.2, 0.25) is 0 Å². The van der Waals surface area contributed by atoms with Crippen LogP contribution in [0.5, 0.6) is 0 Å². The lowest BCUT2D eigenvalue weighted by molar-refractivity contribution is -0.870. The van der Waals surface area contributed by atoms with E-state index in [1.165, 1.54) is 24.8 Å². The highest BCUT2D eigenvalue weighted by Gasteiger charge is 2.11. The van der Waals surface area contributed by atoms with Crippen LogP contribution in [0.4, 0.5) is 0 Å². The van der Waals surface area contributed by atoms with Crippen LogP contribution in [0.3, 0.4) is 0 Å². The van der Waals surface area contributed by atoms with Gasteiger partial charge in [0, 0.05) is 0 Å². The maximum absolute atomic E-state index is 12.0. The summed E-state index contributed by atoms with van der Waals surface area (Å²) in [7, 11) is 6.26. The summed E-state index contributed by atoms with van der Waals surface area (Å²) in [6, 6.07) is 7.82. The second-order valence-corrected chi connectivity index (χ2v) is 6.31. The quantitative estimate of drug-likeness (QED) is 0.414. The standard InChI is InChI=1S/C17H28NO2/c1-5-6-7-9-15-10-8-11-16(14-15)17(19)20-13-12-18(2,3)4/h8,10-11,14H,5-7,9,12-13H2,1-4H3/q+1. The average Bonchev–Trinajstić information content (AvgIpc) is 2.38. The monoisotopic (exact) mass is 278 g/mol. The molecule has 0 aromatic heterocycles. The minimum absolute atomic E-state index is 0.212. The SMILES string of the molecule is CCCCCc1cccc(C(=O)OCC[N+](C)(C)C)c1. The van der Waals surface area contributed by atoms with Crippen molar-refractivity contribution in [3.05, 3.63) is 35.4 Å². The minimum atomic E-state index is -0.212. The number of hydrogen-bond acceptors (Lipinski definition) is 2. The molecule has 0 atom stereocenters. The van der Waals surface area contributed by atoms with E-state index in [4.69, 9.17) is 4.74 Å². The molecule has 0 amide bonds. The molecule has 0 N–H and O–H groups in total. The summed E-state index contributed by atoms with van der Waals surface area (Å²) in [4.78, 5) is 12.0.